The molecule has 4 heteroatoms. The fourth-order valence-electron chi connectivity index (χ4n) is 1.99. The lowest BCUT2D eigenvalue weighted by Gasteiger charge is -2.17. The van der Waals surface area contributed by atoms with Crippen LogP contribution in [0, 0.1) is 0 Å². The summed E-state index contributed by atoms with van der Waals surface area (Å²) in [6, 6.07) is 5.94. The van der Waals surface area contributed by atoms with E-state index < -0.39 is 12.1 Å². The van der Waals surface area contributed by atoms with E-state index in [-0.39, 0.29) is 0 Å². The lowest BCUT2D eigenvalue weighted by atomic mass is 9.98. The molecule has 1 N–H and O–H groups in total. The minimum absolute atomic E-state index is 0.292. The second kappa shape index (κ2) is 5.29. The van der Waals surface area contributed by atoms with E-state index in [9.17, 15) is 9.90 Å². The van der Waals surface area contributed by atoms with Gasteiger partial charge in [0.15, 0.2) is 6.10 Å². The van der Waals surface area contributed by atoms with Gasteiger partial charge in [-0.15, -0.1) is 0 Å². The van der Waals surface area contributed by atoms with Gasteiger partial charge in [-0.3, -0.25) is 0 Å². The lowest BCUT2D eigenvalue weighted by Crippen LogP contribution is -2.24. The van der Waals surface area contributed by atoms with Crippen LogP contribution >= 0.6 is 0 Å². The van der Waals surface area contributed by atoms with Gasteiger partial charge in [-0.1, -0.05) is 18.2 Å². The van der Waals surface area contributed by atoms with E-state index in [1.807, 2.05) is 18.2 Å². The molecule has 0 radical (unpaired) electrons. The van der Waals surface area contributed by atoms with Gasteiger partial charge in [0.05, 0.1) is 20.3 Å². The van der Waals surface area contributed by atoms with Crippen molar-refractivity contribution in [3.63, 3.8) is 0 Å². The molecule has 1 aliphatic heterocycles. The average Bonchev–Trinajstić information content (AvgIpc) is 2.37. The number of methoxy groups -OCH3 is 1. The van der Waals surface area contributed by atoms with Crippen LogP contribution in [0.2, 0.25) is 0 Å². The van der Waals surface area contributed by atoms with Gasteiger partial charge in [0.25, 0.3) is 0 Å². The molecule has 0 spiro atoms. The van der Waals surface area contributed by atoms with Crippen molar-refractivity contribution in [2.45, 2.75) is 25.6 Å². The highest BCUT2D eigenvalue weighted by Gasteiger charge is 2.17. The monoisotopic (exact) mass is 236 g/mol. The molecule has 2 rings (SSSR count). The number of aliphatic hydroxyl groups excluding tert-OH is 1. The normalized spacial score (nSPS) is 16.1. The molecule has 0 fully saturated rings. The number of aliphatic hydroxyl groups is 1. The number of ether oxygens (including phenoxy) is 2. The van der Waals surface area contributed by atoms with Crippen LogP contribution in [0.15, 0.2) is 18.2 Å². The fraction of sp³-hybridized carbons (Fsp3) is 0.462. The number of fused-ring (bicyclic) bond motifs is 1. The van der Waals surface area contributed by atoms with Gasteiger partial charge >= 0.3 is 5.97 Å². The molecule has 1 aromatic carbocycles. The summed E-state index contributed by atoms with van der Waals surface area (Å²) in [7, 11) is 1.27. The lowest BCUT2D eigenvalue weighted by molar-refractivity contribution is -0.150. The molecule has 1 atom stereocenters. The van der Waals surface area contributed by atoms with E-state index in [1.54, 1.807) is 0 Å². The SMILES string of the molecule is COC(=O)C(O)Cc1ccc2c(c1)CCOC2. The predicted octanol–water partition coefficient (Wildman–Crippen LogP) is 0.836. The van der Waals surface area contributed by atoms with Crippen LogP contribution in [-0.2, 0) is 33.7 Å². The smallest absolute Gasteiger partial charge is 0.335 e. The molecule has 4 nitrogen and oxygen atoms in total. The van der Waals surface area contributed by atoms with Gasteiger partial charge in [0.1, 0.15) is 0 Å². The zero-order valence-corrected chi connectivity index (χ0v) is 9.81. The molecule has 1 aliphatic rings. The predicted molar refractivity (Wildman–Crippen MR) is 61.5 cm³/mol. The van der Waals surface area contributed by atoms with Crippen LogP contribution < -0.4 is 0 Å². The first kappa shape index (κ1) is 12.1. The topological polar surface area (TPSA) is 55.8 Å². The van der Waals surface area contributed by atoms with Crippen LogP contribution in [-0.4, -0.2) is 30.9 Å². The molecule has 0 bridgehead atoms. The first-order valence-electron chi connectivity index (χ1n) is 5.65. The second-order valence-corrected chi connectivity index (χ2v) is 4.15. The Hall–Kier alpha value is -1.39. The first-order chi connectivity index (χ1) is 8.20. The van der Waals surface area contributed by atoms with Crippen molar-refractivity contribution < 1.29 is 19.4 Å². The molecule has 0 saturated carbocycles. The summed E-state index contributed by atoms with van der Waals surface area (Å²) in [5, 5.41) is 9.58. The molecule has 0 aliphatic carbocycles. The van der Waals surface area contributed by atoms with E-state index in [1.165, 1.54) is 18.2 Å². The molecule has 92 valence electrons. The van der Waals surface area contributed by atoms with Gasteiger partial charge in [-0.2, -0.15) is 0 Å². The number of carbonyl (C=O) groups is 1. The summed E-state index contributed by atoms with van der Waals surface area (Å²) in [6.45, 7) is 1.38. The first-order valence-corrected chi connectivity index (χ1v) is 5.65. The maximum Gasteiger partial charge on any atom is 0.335 e. The molecule has 1 aromatic rings. The highest BCUT2D eigenvalue weighted by atomic mass is 16.5. The molecule has 0 amide bonds. The third-order valence-corrected chi connectivity index (χ3v) is 2.95. The Bertz CT molecular complexity index is 414. The van der Waals surface area contributed by atoms with Gasteiger partial charge in [-0.25, -0.2) is 4.79 Å². The summed E-state index contributed by atoms with van der Waals surface area (Å²) < 4.78 is 9.84. The molecular formula is C13H16O4. The molecule has 0 saturated heterocycles. The van der Waals surface area contributed by atoms with Crippen molar-refractivity contribution in [1.82, 2.24) is 0 Å². The minimum atomic E-state index is -1.09. The molecular weight excluding hydrogens is 220 g/mol. The number of benzene rings is 1. The third kappa shape index (κ3) is 2.84. The van der Waals surface area contributed by atoms with Gasteiger partial charge in [0.2, 0.25) is 0 Å². The number of rotatable bonds is 3. The Morgan fingerprint density at radius 1 is 1.53 bits per heavy atom. The summed E-state index contributed by atoms with van der Waals surface area (Å²) in [6.07, 6.45) is 0.0936. The molecule has 1 unspecified atom stereocenters. The summed E-state index contributed by atoms with van der Waals surface area (Å²) in [5.74, 6) is -0.592. The van der Waals surface area contributed by atoms with Gasteiger partial charge in [0, 0.05) is 6.42 Å². The van der Waals surface area contributed by atoms with E-state index in [4.69, 9.17) is 4.74 Å². The van der Waals surface area contributed by atoms with E-state index >= 15 is 0 Å². The summed E-state index contributed by atoms with van der Waals surface area (Å²) in [4.78, 5) is 11.1. The Morgan fingerprint density at radius 2 is 2.35 bits per heavy atom. The Balaban J connectivity index is 2.09. The number of hydrogen-bond acceptors (Lipinski definition) is 4. The van der Waals surface area contributed by atoms with Crippen LogP contribution in [0.25, 0.3) is 0 Å². The van der Waals surface area contributed by atoms with Crippen LogP contribution in [0.3, 0.4) is 0 Å². The quantitative estimate of drug-likeness (QED) is 0.790. The fourth-order valence-corrected chi connectivity index (χ4v) is 1.99. The average molecular weight is 236 g/mol. The zero-order chi connectivity index (χ0) is 12.3. The number of esters is 1. The summed E-state index contributed by atoms with van der Waals surface area (Å²) in [5.41, 5.74) is 3.38. The largest absolute Gasteiger partial charge is 0.467 e. The highest BCUT2D eigenvalue weighted by molar-refractivity contribution is 5.74. The molecule has 17 heavy (non-hydrogen) atoms. The van der Waals surface area contributed by atoms with Crippen molar-refractivity contribution >= 4 is 5.97 Å². The van der Waals surface area contributed by atoms with Crippen molar-refractivity contribution in [3.05, 3.63) is 34.9 Å². The zero-order valence-electron chi connectivity index (χ0n) is 9.81. The van der Waals surface area contributed by atoms with Crippen LogP contribution in [0.5, 0.6) is 0 Å². The van der Waals surface area contributed by atoms with Crippen molar-refractivity contribution in [2.24, 2.45) is 0 Å². The Labute approximate surface area is 100 Å². The van der Waals surface area contributed by atoms with E-state index in [0.717, 1.165) is 18.6 Å². The van der Waals surface area contributed by atoms with Crippen LogP contribution in [0.1, 0.15) is 16.7 Å². The number of carbonyl (C=O) groups excluding carboxylic acids is 1. The number of hydrogen-bond donors (Lipinski definition) is 1. The molecule has 0 aromatic heterocycles. The van der Waals surface area contributed by atoms with Crippen molar-refractivity contribution in [3.8, 4) is 0 Å². The van der Waals surface area contributed by atoms with Crippen molar-refractivity contribution in [1.29, 1.82) is 0 Å². The second-order valence-electron chi connectivity index (χ2n) is 4.15. The Kier molecular flexibility index (Phi) is 3.76. The van der Waals surface area contributed by atoms with E-state index in [0.29, 0.717) is 13.0 Å². The Morgan fingerprint density at radius 3 is 3.12 bits per heavy atom. The maximum atomic E-state index is 11.1. The van der Waals surface area contributed by atoms with Gasteiger partial charge in [-0.05, 0) is 23.1 Å². The molecule has 1 heterocycles. The van der Waals surface area contributed by atoms with E-state index in [2.05, 4.69) is 4.74 Å². The standard InChI is InChI=1S/C13H16O4/c1-16-13(15)12(14)7-9-2-3-11-8-17-5-4-10(11)6-9/h2-3,6,12,14H,4-5,7-8H2,1H3. The van der Waals surface area contributed by atoms with Crippen molar-refractivity contribution in [2.75, 3.05) is 13.7 Å². The highest BCUT2D eigenvalue weighted by Crippen LogP contribution is 2.19. The third-order valence-electron chi connectivity index (χ3n) is 2.95. The van der Waals surface area contributed by atoms with Gasteiger partial charge < -0.3 is 14.6 Å². The summed E-state index contributed by atoms with van der Waals surface area (Å²) >= 11 is 0. The minimum Gasteiger partial charge on any atom is -0.467 e. The van der Waals surface area contributed by atoms with Crippen LogP contribution in [0.4, 0.5) is 0 Å². The maximum absolute atomic E-state index is 11.1.